The van der Waals surface area contributed by atoms with Gasteiger partial charge in [-0.15, -0.1) is 0 Å². The van der Waals surface area contributed by atoms with Crippen molar-refractivity contribution in [1.29, 1.82) is 0 Å². The first-order chi connectivity index (χ1) is 11.2. The van der Waals surface area contributed by atoms with Gasteiger partial charge in [-0.2, -0.15) is 0 Å². The van der Waals surface area contributed by atoms with E-state index in [1.165, 1.54) is 11.1 Å². The first kappa shape index (κ1) is 15.9. The SMILES string of the molecule is CC(C)(C)c1cc(-c2cn3c(n2)S(=O)CC3)cc2c1OCC2(C)C. The van der Waals surface area contributed by atoms with Crippen molar-refractivity contribution in [1.82, 2.24) is 9.55 Å². The Morgan fingerprint density at radius 3 is 2.71 bits per heavy atom. The third kappa shape index (κ3) is 2.32. The number of rotatable bonds is 1. The Morgan fingerprint density at radius 2 is 2.04 bits per heavy atom. The zero-order valence-electron chi connectivity index (χ0n) is 15.0. The third-order valence-electron chi connectivity index (χ3n) is 4.96. The van der Waals surface area contributed by atoms with Crippen LogP contribution in [0.5, 0.6) is 5.75 Å². The van der Waals surface area contributed by atoms with Gasteiger partial charge in [0.15, 0.2) is 5.16 Å². The molecule has 1 aromatic heterocycles. The molecule has 0 radical (unpaired) electrons. The highest BCUT2D eigenvalue weighted by molar-refractivity contribution is 7.85. The van der Waals surface area contributed by atoms with Crippen molar-refractivity contribution < 1.29 is 8.95 Å². The monoisotopic (exact) mass is 344 g/mol. The molecule has 1 unspecified atom stereocenters. The summed E-state index contributed by atoms with van der Waals surface area (Å²) in [7, 11) is -0.960. The van der Waals surface area contributed by atoms with Gasteiger partial charge in [0.1, 0.15) is 5.75 Å². The van der Waals surface area contributed by atoms with Gasteiger partial charge < -0.3 is 9.30 Å². The van der Waals surface area contributed by atoms with Crippen LogP contribution in [0.2, 0.25) is 0 Å². The van der Waals surface area contributed by atoms with Crippen molar-refractivity contribution in [2.45, 2.75) is 57.1 Å². The van der Waals surface area contributed by atoms with Crippen LogP contribution < -0.4 is 4.74 Å². The second-order valence-electron chi connectivity index (χ2n) is 8.47. The van der Waals surface area contributed by atoms with Crippen LogP contribution >= 0.6 is 0 Å². The van der Waals surface area contributed by atoms with Crippen molar-refractivity contribution in [3.8, 4) is 17.0 Å². The van der Waals surface area contributed by atoms with Crippen LogP contribution in [0, 0.1) is 0 Å². The molecule has 0 amide bonds. The standard InChI is InChI=1S/C19H24N2O2S/c1-18(2,3)13-8-12(9-14-16(13)23-11-19(14,4)5)15-10-21-6-7-24(22)17(21)20-15/h8-10H,6-7,11H2,1-5H3. The van der Waals surface area contributed by atoms with Gasteiger partial charge in [-0.3, -0.25) is 4.21 Å². The molecule has 4 nitrogen and oxygen atoms in total. The van der Waals surface area contributed by atoms with E-state index in [-0.39, 0.29) is 10.8 Å². The van der Waals surface area contributed by atoms with Crippen LogP contribution in [0.15, 0.2) is 23.5 Å². The Kier molecular flexibility index (Phi) is 3.27. The van der Waals surface area contributed by atoms with Gasteiger partial charge in [0.05, 0.1) is 23.1 Å². The normalized spacial score (nSPS) is 21.5. The molecule has 2 aliphatic heterocycles. The lowest BCUT2D eigenvalue weighted by Gasteiger charge is -2.24. The molecule has 128 valence electrons. The average Bonchev–Trinajstić information content (AvgIpc) is 3.13. The fourth-order valence-electron chi connectivity index (χ4n) is 3.47. The number of fused-ring (bicyclic) bond motifs is 2. The van der Waals surface area contributed by atoms with Crippen LogP contribution in [0.3, 0.4) is 0 Å². The predicted octanol–water partition coefficient (Wildman–Crippen LogP) is 3.64. The lowest BCUT2D eigenvalue weighted by atomic mass is 9.79. The third-order valence-corrected chi connectivity index (χ3v) is 6.25. The van der Waals surface area contributed by atoms with E-state index in [9.17, 15) is 4.21 Å². The average molecular weight is 344 g/mol. The summed E-state index contributed by atoms with van der Waals surface area (Å²) < 4.78 is 20.1. The number of aryl methyl sites for hydroxylation is 1. The molecule has 0 aliphatic carbocycles. The van der Waals surface area contributed by atoms with E-state index in [2.05, 4.69) is 51.7 Å². The number of nitrogens with zero attached hydrogens (tertiary/aromatic N) is 2. The Morgan fingerprint density at radius 1 is 1.29 bits per heavy atom. The molecule has 1 atom stereocenters. The first-order valence-corrected chi connectivity index (χ1v) is 9.76. The summed E-state index contributed by atoms with van der Waals surface area (Å²) in [5, 5.41) is 0.707. The number of ether oxygens (including phenoxy) is 1. The summed E-state index contributed by atoms with van der Waals surface area (Å²) >= 11 is 0. The largest absolute Gasteiger partial charge is 0.492 e. The van der Waals surface area contributed by atoms with Crippen LogP contribution in [-0.4, -0.2) is 26.1 Å². The van der Waals surface area contributed by atoms with Crippen LogP contribution in [0.1, 0.15) is 45.7 Å². The molecule has 2 aliphatic rings. The highest BCUT2D eigenvalue weighted by atomic mass is 32.2. The van der Waals surface area contributed by atoms with Crippen molar-refractivity contribution >= 4 is 10.8 Å². The van der Waals surface area contributed by atoms with Crippen molar-refractivity contribution in [3.05, 3.63) is 29.5 Å². The molecule has 0 spiro atoms. The zero-order valence-corrected chi connectivity index (χ0v) is 15.8. The molecule has 2 aromatic rings. The summed E-state index contributed by atoms with van der Waals surface area (Å²) in [4.78, 5) is 4.66. The Labute approximate surface area is 145 Å². The van der Waals surface area contributed by atoms with Gasteiger partial charge in [0.25, 0.3) is 0 Å². The predicted molar refractivity (Wildman–Crippen MR) is 96.2 cm³/mol. The Balaban J connectivity index is 1.91. The number of hydrogen-bond acceptors (Lipinski definition) is 3. The first-order valence-electron chi connectivity index (χ1n) is 8.44. The molecule has 0 bridgehead atoms. The van der Waals surface area contributed by atoms with Gasteiger partial charge in [0, 0.05) is 40.6 Å². The van der Waals surface area contributed by atoms with Crippen molar-refractivity contribution in [2.75, 3.05) is 12.4 Å². The number of hydrogen-bond donors (Lipinski definition) is 0. The second kappa shape index (κ2) is 4.94. The smallest absolute Gasteiger partial charge is 0.199 e. The number of imidazole rings is 1. The summed E-state index contributed by atoms with van der Waals surface area (Å²) in [6.45, 7) is 12.6. The minimum Gasteiger partial charge on any atom is -0.492 e. The molecular weight excluding hydrogens is 320 g/mol. The summed E-state index contributed by atoms with van der Waals surface area (Å²) in [6, 6.07) is 4.40. The van der Waals surface area contributed by atoms with Gasteiger partial charge >= 0.3 is 0 Å². The second-order valence-corrected chi connectivity index (χ2v) is 9.94. The minimum atomic E-state index is -0.960. The van der Waals surface area contributed by atoms with Gasteiger partial charge in [-0.25, -0.2) is 4.98 Å². The molecule has 3 heterocycles. The summed E-state index contributed by atoms with van der Waals surface area (Å²) in [5.74, 6) is 1.72. The fourth-order valence-corrected chi connectivity index (χ4v) is 4.63. The van der Waals surface area contributed by atoms with E-state index in [1.807, 2.05) is 10.8 Å². The van der Waals surface area contributed by atoms with Gasteiger partial charge in [0.2, 0.25) is 0 Å². The van der Waals surface area contributed by atoms with Crippen molar-refractivity contribution in [3.63, 3.8) is 0 Å². The van der Waals surface area contributed by atoms with E-state index in [4.69, 9.17) is 4.74 Å². The summed E-state index contributed by atoms with van der Waals surface area (Å²) in [6.07, 6.45) is 2.04. The minimum absolute atomic E-state index is 0.00335. The highest BCUT2D eigenvalue weighted by Gasteiger charge is 2.36. The maximum atomic E-state index is 12.0. The van der Waals surface area contributed by atoms with E-state index < -0.39 is 10.8 Å². The lowest BCUT2D eigenvalue weighted by molar-refractivity contribution is 0.286. The van der Waals surface area contributed by atoms with Crippen molar-refractivity contribution in [2.24, 2.45) is 0 Å². The molecule has 24 heavy (non-hydrogen) atoms. The zero-order chi connectivity index (χ0) is 17.3. The maximum Gasteiger partial charge on any atom is 0.199 e. The molecule has 1 aromatic carbocycles. The Hall–Kier alpha value is -1.62. The number of benzene rings is 1. The lowest BCUT2D eigenvalue weighted by Crippen LogP contribution is -2.18. The summed E-state index contributed by atoms with van der Waals surface area (Å²) in [5.41, 5.74) is 4.46. The van der Waals surface area contributed by atoms with E-state index in [0.29, 0.717) is 17.5 Å². The fraction of sp³-hybridized carbons (Fsp3) is 0.526. The topological polar surface area (TPSA) is 44.1 Å². The molecular formula is C19H24N2O2S. The van der Waals surface area contributed by atoms with Gasteiger partial charge in [-0.05, 0) is 17.5 Å². The Bertz CT molecular complexity index is 859. The molecule has 0 N–H and O–H groups in total. The molecule has 0 saturated carbocycles. The maximum absolute atomic E-state index is 12.0. The molecule has 5 heteroatoms. The van der Waals surface area contributed by atoms with Gasteiger partial charge in [-0.1, -0.05) is 34.6 Å². The quantitative estimate of drug-likeness (QED) is 0.793. The van der Waals surface area contributed by atoms with Crippen LogP contribution in [-0.2, 0) is 28.2 Å². The van der Waals surface area contributed by atoms with E-state index >= 15 is 0 Å². The molecule has 4 rings (SSSR count). The molecule has 0 saturated heterocycles. The molecule has 0 fully saturated rings. The van der Waals surface area contributed by atoms with Crippen LogP contribution in [0.4, 0.5) is 0 Å². The van der Waals surface area contributed by atoms with E-state index in [1.54, 1.807) is 0 Å². The number of aromatic nitrogens is 2. The van der Waals surface area contributed by atoms with Crippen LogP contribution in [0.25, 0.3) is 11.3 Å². The van der Waals surface area contributed by atoms with E-state index in [0.717, 1.165) is 23.6 Å². The highest BCUT2D eigenvalue weighted by Crippen LogP contribution is 2.46.